The molecule has 0 bridgehead atoms. The van der Waals surface area contributed by atoms with E-state index in [1.54, 1.807) is 11.0 Å². The van der Waals surface area contributed by atoms with Crippen molar-refractivity contribution < 1.29 is 19.4 Å². The van der Waals surface area contributed by atoms with Crippen LogP contribution in [0.25, 0.3) is 5.70 Å². The Hall–Kier alpha value is -2.60. The number of likely N-dealkylation sites (tertiary alicyclic amines) is 1. The second-order valence-electron chi connectivity index (χ2n) is 7.88. The van der Waals surface area contributed by atoms with Crippen LogP contribution in [0.3, 0.4) is 0 Å². The van der Waals surface area contributed by atoms with Gasteiger partial charge in [-0.2, -0.15) is 0 Å². The molecule has 1 fully saturated rings. The predicted octanol–water partition coefficient (Wildman–Crippen LogP) is 3.04. The number of hydrogen-bond acceptors (Lipinski definition) is 4. The third-order valence-electron chi connectivity index (χ3n) is 4.72. The van der Waals surface area contributed by atoms with Crippen molar-refractivity contribution in [1.82, 2.24) is 9.80 Å². The molecule has 1 saturated heterocycles. The lowest BCUT2D eigenvalue weighted by atomic mass is 10.0. The molecule has 1 N–H and O–H groups in total. The van der Waals surface area contributed by atoms with E-state index in [4.69, 9.17) is 4.74 Å². The zero-order valence-corrected chi connectivity index (χ0v) is 16.1. The molecule has 2 aliphatic heterocycles. The monoisotopic (exact) mass is 370 g/mol. The lowest BCUT2D eigenvalue weighted by molar-refractivity contribution is 0.0124. The molecule has 1 unspecified atom stereocenters. The Morgan fingerprint density at radius 2 is 2.00 bits per heavy atom. The van der Waals surface area contributed by atoms with Crippen molar-refractivity contribution in [3.05, 3.63) is 53.6 Å². The molecule has 2 aliphatic rings. The van der Waals surface area contributed by atoms with Crippen molar-refractivity contribution >= 4 is 17.7 Å². The highest BCUT2D eigenvalue weighted by atomic mass is 16.6. The molecule has 1 atom stereocenters. The normalized spacial score (nSPS) is 21.6. The molecule has 144 valence electrons. The molecular weight excluding hydrogens is 344 g/mol. The molecule has 0 aliphatic carbocycles. The summed E-state index contributed by atoms with van der Waals surface area (Å²) in [6.07, 6.45) is 1.23. The summed E-state index contributed by atoms with van der Waals surface area (Å²) in [5.74, 6) is -0.0758. The molecule has 0 saturated carbocycles. The number of rotatable bonds is 2. The Morgan fingerprint density at radius 3 is 2.59 bits per heavy atom. The number of piperidine rings is 1. The number of carbonyl (C=O) groups excluding carboxylic acids is 2. The predicted molar refractivity (Wildman–Crippen MR) is 103 cm³/mol. The zero-order chi connectivity index (χ0) is 19.8. The van der Waals surface area contributed by atoms with E-state index in [2.05, 4.69) is 6.58 Å². The summed E-state index contributed by atoms with van der Waals surface area (Å²) in [6.45, 7) is 10.5. The van der Waals surface area contributed by atoms with Crippen LogP contribution in [-0.4, -0.2) is 58.2 Å². The van der Waals surface area contributed by atoms with Crippen LogP contribution in [0.1, 0.15) is 43.1 Å². The Bertz CT molecular complexity index is 772. The third-order valence-corrected chi connectivity index (χ3v) is 4.72. The fraction of sp³-hybridized carbons (Fsp3) is 0.429. The van der Waals surface area contributed by atoms with Crippen LogP contribution >= 0.6 is 0 Å². The number of aliphatic hydroxyl groups is 1. The van der Waals surface area contributed by atoms with Gasteiger partial charge < -0.3 is 19.6 Å². The molecule has 6 nitrogen and oxygen atoms in total. The van der Waals surface area contributed by atoms with Gasteiger partial charge in [-0.15, -0.1) is 0 Å². The van der Waals surface area contributed by atoms with E-state index < -0.39 is 17.8 Å². The van der Waals surface area contributed by atoms with Crippen molar-refractivity contribution in [2.75, 3.05) is 19.6 Å². The Balaban J connectivity index is 1.62. The molecule has 1 aromatic carbocycles. The van der Waals surface area contributed by atoms with Crippen LogP contribution in [0.15, 0.2) is 42.5 Å². The van der Waals surface area contributed by atoms with Crippen LogP contribution in [0, 0.1) is 0 Å². The van der Waals surface area contributed by atoms with Gasteiger partial charge in [0.25, 0.3) is 5.91 Å². The number of fused-ring (bicyclic) bond motifs is 1. The minimum Gasteiger partial charge on any atom is -0.444 e. The van der Waals surface area contributed by atoms with E-state index in [0.29, 0.717) is 30.8 Å². The van der Waals surface area contributed by atoms with E-state index in [0.717, 1.165) is 11.1 Å². The van der Waals surface area contributed by atoms with Crippen molar-refractivity contribution in [1.29, 1.82) is 0 Å². The summed E-state index contributed by atoms with van der Waals surface area (Å²) in [7, 11) is 0. The maximum absolute atomic E-state index is 12.5. The highest BCUT2D eigenvalue weighted by Gasteiger charge is 2.32. The lowest BCUT2D eigenvalue weighted by Crippen LogP contribution is -2.45. The summed E-state index contributed by atoms with van der Waals surface area (Å²) >= 11 is 0. The molecule has 2 amide bonds. The van der Waals surface area contributed by atoms with Gasteiger partial charge in [-0.3, -0.25) is 4.79 Å². The van der Waals surface area contributed by atoms with Crippen LogP contribution in [-0.2, 0) is 4.74 Å². The first-order chi connectivity index (χ1) is 12.7. The molecule has 0 spiro atoms. The van der Waals surface area contributed by atoms with Gasteiger partial charge >= 0.3 is 6.09 Å². The Morgan fingerprint density at radius 1 is 1.33 bits per heavy atom. The van der Waals surface area contributed by atoms with Crippen molar-refractivity contribution in [3.63, 3.8) is 0 Å². The average Bonchev–Trinajstić information content (AvgIpc) is 2.84. The third kappa shape index (κ3) is 4.06. The summed E-state index contributed by atoms with van der Waals surface area (Å²) in [6, 6.07) is 7.40. The van der Waals surface area contributed by atoms with Crippen LogP contribution < -0.4 is 0 Å². The number of β-amino-alcohol motifs (C(OH)–C–C–N with tert-alkyl or cyclic N) is 1. The summed E-state index contributed by atoms with van der Waals surface area (Å²) in [5.41, 5.74) is 2.44. The number of benzene rings is 1. The largest absolute Gasteiger partial charge is 0.444 e. The molecule has 27 heavy (non-hydrogen) atoms. The first-order valence-electron chi connectivity index (χ1n) is 9.12. The maximum Gasteiger partial charge on any atom is 0.410 e. The summed E-state index contributed by atoms with van der Waals surface area (Å²) < 4.78 is 5.36. The molecule has 2 heterocycles. The van der Waals surface area contributed by atoms with Crippen LogP contribution in [0.5, 0.6) is 0 Å². The molecular formula is C21H26N2O4. The maximum atomic E-state index is 12.5. The van der Waals surface area contributed by atoms with E-state index in [-0.39, 0.29) is 12.5 Å². The molecule has 6 heteroatoms. The van der Waals surface area contributed by atoms with Crippen LogP contribution in [0.4, 0.5) is 4.79 Å². The highest BCUT2D eigenvalue weighted by Crippen LogP contribution is 2.31. The number of hydrogen-bond donors (Lipinski definition) is 1. The molecule has 0 aromatic heterocycles. The van der Waals surface area contributed by atoms with Gasteiger partial charge in [-0.1, -0.05) is 30.9 Å². The smallest absolute Gasteiger partial charge is 0.410 e. The summed E-state index contributed by atoms with van der Waals surface area (Å²) in [5, 5.41) is 10.4. The van der Waals surface area contributed by atoms with Gasteiger partial charge in [0.2, 0.25) is 0 Å². The van der Waals surface area contributed by atoms with Gasteiger partial charge in [0.15, 0.2) is 0 Å². The minimum absolute atomic E-state index is 0.0758. The number of amides is 2. The first kappa shape index (κ1) is 19.2. The topological polar surface area (TPSA) is 70.1 Å². The Kier molecular flexibility index (Phi) is 5.11. The summed E-state index contributed by atoms with van der Waals surface area (Å²) in [4.78, 5) is 27.8. The van der Waals surface area contributed by atoms with Gasteiger partial charge in [-0.05, 0) is 38.8 Å². The van der Waals surface area contributed by atoms with Gasteiger partial charge in [-0.25, -0.2) is 4.79 Å². The second-order valence-corrected chi connectivity index (χ2v) is 7.88. The number of carbonyl (C=O) groups is 2. The van der Waals surface area contributed by atoms with Crippen molar-refractivity contribution in [2.45, 2.75) is 38.9 Å². The van der Waals surface area contributed by atoms with Crippen LogP contribution in [0.2, 0.25) is 0 Å². The quantitative estimate of drug-likeness (QED) is 0.813. The number of aliphatic hydroxyl groups excluding tert-OH is 1. The number of nitrogens with zero attached hydrogens (tertiary/aromatic N) is 2. The number of ether oxygens (including phenoxy) is 1. The van der Waals surface area contributed by atoms with E-state index in [1.165, 1.54) is 4.90 Å². The van der Waals surface area contributed by atoms with E-state index >= 15 is 0 Å². The van der Waals surface area contributed by atoms with E-state index in [1.807, 2.05) is 45.0 Å². The SMILES string of the molecule is C=C1c2ccccc2C(=O)N1CC=C1CCN(C(=O)OC(C)(C)C)CC1O. The van der Waals surface area contributed by atoms with Gasteiger partial charge in [0, 0.05) is 29.9 Å². The Labute approximate surface area is 159 Å². The standard InChI is InChI=1S/C21H26N2O4/c1-14-16-7-5-6-8-17(16)19(25)23(14)12-10-15-9-11-22(13-18(15)24)20(26)27-21(2,3)4/h5-8,10,18,24H,1,9,11-13H2,2-4H3. The van der Waals surface area contributed by atoms with Crippen molar-refractivity contribution in [2.24, 2.45) is 0 Å². The minimum atomic E-state index is -0.764. The lowest BCUT2D eigenvalue weighted by Gasteiger charge is -2.33. The zero-order valence-electron chi connectivity index (χ0n) is 16.1. The van der Waals surface area contributed by atoms with Crippen molar-refractivity contribution in [3.8, 4) is 0 Å². The fourth-order valence-corrected chi connectivity index (χ4v) is 3.31. The molecule has 3 rings (SSSR count). The highest BCUT2D eigenvalue weighted by molar-refractivity contribution is 6.08. The molecule has 1 aromatic rings. The van der Waals surface area contributed by atoms with Gasteiger partial charge in [0.05, 0.1) is 12.6 Å². The fourth-order valence-electron chi connectivity index (χ4n) is 3.31. The average molecular weight is 370 g/mol. The van der Waals surface area contributed by atoms with Gasteiger partial charge in [0.1, 0.15) is 5.60 Å². The van der Waals surface area contributed by atoms with E-state index in [9.17, 15) is 14.7 Å². The second kappa shape index (κ2) is 7.19. The molecule has 0 radical (unpaired) electrons. The first-order valence-corrected chi connectivity index (χ1v) is 9.12.